The summed E-state index contributed by atoms with van der Waals surface area (Å²) in [7, 11) is 0. The predicted octanol–water partition coefficient (Wildman–Crippen LogP) is 2.52. The minimum Gasteiger partial charge on any atom is -0.444 e. The fraction of sp³-hybridized carbons (Fsp3) is 0.625. The lowest BCUT2D eigenvalue weighted by Crippen LogP contribution is -2.41. The molecule has 1 saturated heterocycles. The number of esters is 1. The quantitative estimate of drug-likeness (QED) is 0.779. The average Bonchev–Trinajstić information content (AvgIpc) is 2.46. The maximum Gasteiger partial charge on any atom is 0.410 e. The largest absolute Gasteiger partial charge is 0.444 e. The van der Waals surface area contributed by atoms with Gasteiger partial charge in [-0.25, -0.2) is 14.8 Å². The number of piperidine rings is 1. The van der Waals surface area contributed by atoms with Crippen molar-refractivity contribution >= 4 is 12.1 Å². The summed E-state index contributed by atoms with van der Waals surface area (Å²) in [5, 5.41) is 0. The Morgan fingerprint density at radius 2 is 1.74 bits per heavy atom. The van der Waals surface area contributed by atoms with E-state index in [0.29, 0.717) is 24.7 Å². The van der Waals surface area contributed by atoms with E-state index in [9.17, 15) is 9.59 Å². The van der Waals surface area contributed by atoms with Crippen molar-refractivity contribution in [2.45, 2.75) is 52.1 Å². The minimum atomic E-state index is -0.483. The van der Waals surface area contributed by atoms with Gasteiger partial charge in [-0.1, -0.05) is 0 Å². The Hall–Kier alpha value is -2.18. The summed E-state index contributed by atoms with van der Waals surface area (Å²) >= 11 is 0. The first-order chi connectivity index (χ1) is 10.7. The van der Waals surface area contributed by atoms with Gasteiger partial charge in [0.05, 0.1) is 12.4 Å². The Balaban J connectivity index is 1.89. The highest BCUT2D eigenvalue weighted by Gasteiger charge is 2.28. The number of carbonyl (C=O) groups excluding carboxylic acids is 2. The second kappa shape index (κ2) is 6.93. The van der Waals surface area contributed by atoms with Crippen LogP contribution in [-0.2, 0) is 9.53 Å². The van der Waals surface area contributed by atoms with Gasteiger partial charge in [0, 0.05) is 25.9 Å². The zero-order valence-electron chi connectivity index (χ0n) is 14.0. The van der Waals surface area contributed by atoms with Crippen molar-refractivity contribution < 1.29 is 19.1 Å². The molecule has 0 saturated carbocycles. The summed E-state index contributed by atoms with van der Waals surface area (Å²) < 4.78 is 10.3. The van der Waals surface area contributed by atoms with Crippen LogP contribution in [0.2, 0.25) is 0 Å². The summed E-state index contributed by atoms with van der Waals surface area (Å²) in [5.41, 5.74) is -0.483. The highest BCUT2D eigenvalue weighted by atomic mass is 16.6. The van der Waals surface area contributed by atoms with Crippen LogP contribution in [0.3, 0.4) is 0 Å². The SMILES string of the molecule is CC(=O)Oc1cnc(C2CCN(C(=O)OC(C)(C)C)CC2)nc1. The molecule has 1 fully saturated rings. The van der Waals surface area contributed by atoms with E-state index in [0.717, 1.165) is 12.8 Å². The van der Waals surface area contributed by atoms with Gasteiger partial charge in [-0.15, -0.1) is 0 Å². The summed E-state index contributed by atoms with van der Waals surface area (Å²) in [5.74, 6) is 0.851. The molecular formula is C16H23N3O4. The molecule has 2 heterocycles. The molecule has 1 aliphatic heterocycles. The van der Waals surface area contributed by atoms with Gasteiger partial charge in [-0.05, 0) is 33.6 Å². The highest BCUT2D eigenvalue weighted by molar-refractivity contribution is 5.69. The lowest BCUT2D eigenvalue weighted by Gasteiger charge is -2.32. The molecule has 7 heteroatoms. The Kier molecular flexibility index (Phi) is 5.18. The van der Waals surface area contributed by atoms with E-state index in [1.54, 1.807) is 4.90 Å². The lowest BCUT2D eigenvalue weighted by molar-refractivity contribution is -0.131. The van der Waals surface area contributed by atoms with Crippen molar-refractivity contribution in [3.63, 3.8) is 0 Å². The van der Waals surface area contributed by atoms with Gasteiger partial charge in [-0.3, -0.25) is 4.79 Å². The molecule has 0 atom stereocenters. The first kappa shape index (κ1) is 17.2. The number of likely N-dealkylation sites (tertiary alicyclic amines) is 1. The fourth-order valence-electron chi connectivity index (χ4n) is 2.40. The molecule has 0 aromatic carbocycles. The van der Waals surface area contributed by atoms with Gasteiger partial charge in [0.1, 0.15) is 11.4 Å². The molecule has 7 nitrogen and oxygen atoms in total. The lowest BCUT2D eigenvalue weighted by atomic mass is 9.96. The van der Waals surface area contributed by atoms with E-state index in [-0.39, 0.29) is 12.0 Å². The third-order valence-electron chi connectivity index (χ3n) is 3.42. The van der Waals surface area contributed by atoms with Crippen LogP contribution in [0.15, 0.2) is 12.4 Å². The topological polar surface area (TPSA) is 81.6 Å². The molecule has 23 heavy (non-hydrogen) atoms. The number of carbonyl (C=O) groups is 2. The van der Waals surface area contributed by atoms with E-state index in [1.807, 2.05) is 20.8 Å². The van der Waals surface area contributed by atoms with Crippen molar-refractivity contribution in [3.8, 4) is 5.75 Å². The molecule has 0 aliphatic carbocycles. The molecule has 2 rings (SSSR count). The molecule has 0 N–H and O–H groups in total. The number of ether oxygens (including phenoxy) is 2. The summed E-state index contributed by atoms with van der Waals surface area (Å²) in [4.78, 5) is 33.1. The van der Waals surface area contributed by atoms with Crippen molar-refractivity contribution in [1.29, 1.82) is 0 Å². The number of nitrogens with zero attached hydrogens (tertiary/aromatic N) is 3. The van der Waals surface area contributed by atoms with Gasteiger partial charge in [-0.2, -0.15) is 0 Å². The Morgan fingerprint density at radius 1 is 1.17 bits per heavy atom. The maximum absolute atomic E-state index is 12.0. The number of hydrogen-bond acceptors (Lipinski definition) is 6. The molecule has 126 valence electrons. The van der Waals surface area contributed by atoms with Gasteiger partial charge in [0.2, 0.25) is 0 Å². The average molecular weight is 321 g/mol. The van der Waals surface area contributed by atoms with Crippen LogP contribution in [0.1, 0.15) is 52.3 Å². The maximum atomic E-state index is 12.0. The van der Waals surface area contributed by atoms with Crippen molar-refractivity contribution in [3.05, 3.63) is 18.2 Å². The third-order valence-corrected chi connectivity index (χ3v) is 3.42. The third kappa shape index (κ3) is 5.19. The van der Waals surface area contributed by atoms with Crippen molar-refractivity contribution in [1.82, 2.24) is 14.9 Å². The van der Waals surface area contributed by atoms with E-state index in [2.05, 4.69) is 9.97 Å². The van der Waals surface area contributed by atoms with Crippen LogP contribution >= 0.6 is 0 Å². The van der Waals surface area contributed by atoms with E-state index >= 15 is 0 Å². The van der Waals surface area contributed by atoms with E-state index in [1.165, 1.54) is 19.3 Å². The Morgan fingerprint density at radius 3 is 2.22 bits per heavy atom. The fourth-order valence-corrected chi connectivity index (χ4v) is 2.40. The van der Waals surface area contributed by atoms with Crippen molar-refractivity contribution in [2.24, 2.45) is 0 Å². The van der Waals surface area contributed by atoms with Gasteiger partial charge >= 0.3 is 12.1 Å². The predicted molar refractivity (Wildman–Crippen MR) is 83.1 cm³/mol. The summed E-state index contributed by atoms with van der Waals surface area (Å²) in [6.07, 6.45) is 4.30. The molecule has 0 radical (unpaired) electrons. The molecule has 1 aromatic rings. The van der Waals surface area contributed by atoms with Crippen LogP contribution in [0.4, 0.5) is 4.79 Å². The zero-order chi connectivity index (χ0) is 17.0. The van der Waals surface area contributed by atoms with Crippen LogP contribution in [0.25, 0.3) is 0 Å². The molecule has 0 unspecified atom stereocenters. The van der Waals surface area contributed by atoms with Crippen LogP contribution in [0, 0.1) is 0 Å². The smallest absolute Gasteiger partial charge is 0.410 e. The number of hydrogen-bond donors (Lipinski definition) is 0. The van der Waals surface area contributed by atoms with Gasteiger partial charge in [0.25, 0.3) is 0 Å². The Bertz CT molecular complexity index is 558. The Labute approximate surface area is 136 Å². The second-order valence-corrected chi connectivity index (χ2v) is 6.61. The van der Waals surface area contributed by atoms with Crippen molar-refractivity contribution in [2.75, 3.05) is 13.1 Å². The standard InChI is InChI=1S/C16H23N3O4/c1-11(20)22-13-9-17-14(18-10-13)12-5-7-19(8-6-12)15(21)23-16(2,3)4/h9-10,12H,5-8H2,1-4H3. The molecule has 1 aliphatic rings. The number of rotatable bonds is 2. The highest BCUT2D eigenvalue weighted by Crippen LogP contribution is 2.26. The molecule has 0 bridgehead atoms. The first-order valence-electron chi connectivity index (χ1n) is 7.73. The minimum absolute atomic E-state index is 0.195. The summed E-state index contributed by atoms with van der Waals surface area (Å²) in [6.45, 7) is 8.14. The van der Waals surface area contributed by atoms with Gasteiger partial charge < -0.3 is 14.4 Å². The number of amides is 1. The zero-order valence-corrected chi connectivity index (χ0v) is 14.0. The van der Waals surface area contributed by atoms with E-state index in [4.69, 9.17) is 9.47 Å². The van der Waals surface area contributed by atoms with E-state index < -0.39 is 11.6 Å². The van der Waals surface area contributed by atoms with Crippen LogP contribution in [-0.4, -0.2) is 45.6 Å². The monoisotopic (exact) mass is 321 g/mol. The van der Waals surface area contributed by atoms with Gasteiger partial charge in [0.15, 0.2) is 5.75 Å². The molecule has 1 amide bonds. The normalized spacial score (nSPS) is 16.1. The van der Waals surface area contributed by atoms with Crippen LogP contribution < -0.4 is 4.74 Å². The molecule has 1 aromatic heterocycles. The molecule has 0 spiro atoms. The summed E-state index contributed by atoms with van der Waals surface area (Å²) in [6, 6.07) is 0. The second-order valence-electron chi connectivity index (χ2n) is 6.61. The molecular weight excluding hydrogens is 298 g/mol. The first-order valence-corrected chi connectivity index (χ1v) is 7.73. The number of aromatic nitrogens is 2. The van der Waals surface area contributed by atoms with Crippen LogP contribution in [0.5, 0.6) is 5.75 Å².